The Balaban J connectivity index is 2.44. The number of rotatable bonds is 5. The molecule has 0 saturated carbocycles. The first-order chi connectivity index (χ1) is 7.52. The zero-order chi connectivity index (χ0) is 12.2. The third-order valence-corrected chi connectivity index (χ3v) is 3.38. The van der Waals surface area contributed by atoms with Gasteiger partial charge < -0.3 is 5.73 Å². The van der Waals surface area contributed by atoms with E-state index in [2.05, 4.69) is 29.7 Å². The van der Waals surface area contributed by atoms with Crippen molar-refractivity contribution >= 4 is 0 Å². The molecule has 92 valence electrons. The molecule has 0 aliphatic carbocycles. The van der Waals surface area contributed by atoms with Gasteiger partial charge in [0.2, 0.25) is 0 Å². The molecule has 1 rings (SSSR count). The third kappa shape index (κ3) is 3.44. The molecule has 16 heavy (non-hydrogen) atoms. The van der Waals surface area contributed by atoms with Crippen molar-refractivity contribution in [2.45, 2.75) is 38.8 Å². The van der Waals surface area contributed by atoms with Gasteiger partial charge in [-0.1, -0.05) is 13.8 Å². The van der Waals surface area contributed by atoms with E-state index in [4.69, 9.17) is 11.0 Å². The van der Waals surface area contributed by atoms with Crippen LogP contribution in [0.1, 0.15) is 27.2 Å². The molecule has 4 nitrogen and oxygen atoms in total. The lowest BCUT2D eigenvalue weighted by Gasteiger charge is -2.27. The second kappa shape index (κ2) is 5.62. The normalized spacial score (nSPS) is 25.6. The number of nitrogens with zero attached hydrogens (tertiary/aromatic N) is 3. The summed E-state index contributed by atoms with van der Waals surface area (Å²) in [5.74, 6) is 0. The molecular formula is C12H24N4. The lowest BCUT2D eigenvalue weighted by atomic mass is 10.1. The van der Waals surface area contributed by atoms with Gasteiger partial charge in [-0.05, 0) is 33.0 Å². The Labute approximate surface area is 99.0 Å². The minimum absolute atomic E-state index is 0.643. The van der Waals surface area contributed by atoms with E-state index in [9.17, 15) is 0 Å². The van der Waals surface area contributed by atoms with Crippen molar-refractivity contribution in [3.8, 4) is 6.07 Å². The number of likely N-dealkylation sites (tertiary alicyclic amines) is 1. The zero-order valence-electron chi connectivity index (χ0n) is 10.7. The summed E-state index contributed by atoms with van der Waals surface area (Å²) >= 11 is 0. The van der Waals surface area contributed by atoms with Gasteiger partial charge in [-0.25, -0.2) is 0 Å². The van der Waals surface area contributed by atoms with E-state index in [1.54, 1.807) is 6.92 Å². The van der Waals surface area contributed by atoms with Crippen LogP contribution in [0.3, 0.4) is 0 Å². The van der Waals surface area contributed by atoms with E-state index in [-0.39, 0.29) is 0 Å². The minimum Gasteiger partial charge on any atom is -0.313 e. The van der Waals surface area contributed by atoms with Crippen LogP contribution in [-0.4, -0.2) is 54.1 Å². The van der Waals surface area contributed by atoms with Crippen molar-refractivity contribution in [2.75, 3.05) is 32.7 Å². The Morgan fingerprint density at radius 1 is 1.50 bits per heavy atom. The molecule has 0 aromatic heterocycles. The number of hydrogen-bond donors (Lipinski definition) is 1. The maximum atomic E-state index is 8.91. The highest BCUT2D eigenvalue weighted by Gasteiger charge is 2.30. The first-order valence-corrected chi connectivity index (χ1v) is 6.19. The molecule has 2 atom stereocenters. The molecule has 1 saturated heterocycles. The Hall–Kier alpha value is -0.630. The number of nitriles is 1. The van der Waals surface area contributed by atoms with Gasteiger partial charge in [0, 0.05) is 19.1 Å². The van der Waals surface area contributed by atoms with Crippen LogP contribution in [0.25, 0.3) is 0 Å². The zero-order valence-corrected chi connectivity index (χ0v) is 10.7. The van der Waals surface area contributed by atoms with Crippen LogP contribution in [0.4, 0.5) is 0 Å². The second-order valence-corrected chi connectivity index (χ2v) is 4.93. The van der Waals surface area contributed by atoms with E-state index in [1.165, 1.54) is 6.42 Å². The highest BCUT2D eigenvalue weighted by Crippen LogP contribution is 2.17. The van der Waals surface area contributed by atoms with Gasteiger partial charge in [-0.2, -0.15) is 5.26 Å². The molecule has 0 radical (unpaired) electrons. The van der Waals surface area contributed by atoms with Crippen LogP contribution in [0.2, 0.25) is 0 Å². The highest BCUT2D eigenvalue weighted by atomic mass is 15.3. The van der Waals surface area contributed by atoms with Crippen molar-refractivity contribution < 1.29 is 0 Å². The molecule has 0 bridgehead atoms. The minimum atomic E-state index is -0.710. The van der Waals surface area contributed by atoms with E-state index in [0.717, 1.165) is 26.2 Å². The van der Waals surface area contributed by atoms with Crippen LogP contribution in [0.15, 0.2) is 0 Å². The maximum Gasteiger partial charge on any atom is 0.114 e. The standard InChI is InChI=1S/C12H24N4/c1-4-16(5-2)11-6-7-15(8-11)10-12(3,14)9-13/h11H,4-8,10,14H2,1-3H3. The number of likely N-dealkylation sites (N-methyl/N-ethyl adjacent to an activating group) is 1. The third-order valence-electron chi connectivity index (χ3n) is 3.38. The lowest BCUT2D eigenvalue weighted by molar-refractivity contribution is 0.204. The van der Waals surface area contributed by atoms with E-state index >= 15 is 0 Å². The molecule has 1 aliphatic heterocycles. The van der Waals surface area contributed by atoms with Crippen molar-refractivity contribution in [3.63, 3.8) is 0 Å². The van der Waals surface area contributed by atoms with Gasteiger partial charge in [0.15, 0.2) is 0 Å². The summed E-state index contributed by atoms with van der Waals surface area (Å²) in [4.78, 5) is 4.80. The molecular weight excluding hydrogens is 200 g/mol. The summed E-state index contributed by atoms with van der Waals surface area (Å²) in [5.41, 5.74) is 5.16. The smallest absolute Gasteiger partial charge is 0.114 e. The summed E-state index contributed by atoms with van der Waals surface area (Å²) < 4.78 is 0. The second-order valence-electron chi connectivity index (χ2n) is 4.93. The van der Waals surface area contributed by atoms with Crippen LogP contribution < -0.4 is 5.73 Å². The van der Waals surface area contributed by atoms with Gasteiger partial charge >= 0.3 is 0 Å². The fourth-order valence-electron chi connectivity index (χ4n) is 2.49. The van der Waals surface area contributed by atoms with Gasteiger partial charge in [0.05, 0.1) is 6.07 Å². The predicted octanol–water partition coefficient (Wildman–Crippen LogP) is 0.643. The Morgan fingerprint density at radius 3 is 2.62 bits per heavy atom. The van der Waals surface area contributed by atoms with Crippen LogP contribution in [-0.2, 0) is 0 Å². The summed E-state index contributed by atoms with van der Waals surface area (Å²) in [6.45, 7) is 11.2. The topological polar surface area (TPSA) is 56.3 Å². The Kier molecular flexibility index (Phi) is 4.72. The fraction of sp³-hybridized carbons (Fsp3) is 0.917. The van der Waals surface area contributed by atoms with Gasteiger partial charge in [-0.3, -0.25) is 9.80 Å². The summed E-state index contributed by atoms with van der Waals surface area (Å²) in [6, 6.07) is 2.81. The SMILES string of the molecule is CCN(CC)C1CCN(CC(C)(N)C#N)C1. The van der Waals surface area contributed by atoms with Gasteiger partial charge in [0.25, 0.3) is 0 Å². The number of hydrogen-bond acceptors (Lipinski definition) is 4. The van der Waals surface area contributed by atoms with E-state index in [0.29, 0.717) is 12.6 Å². The molecule has 2 N–H and O–H groups in total. The van der Waals surface area contributed by atoms with Crippen LogP contribution in [0.5, 0.6) is 0 Å². The molecule has 4 heteroatoms. The molecule has 0 spiro atoms. The Bertz CT molecular complexity index is 252. The quantitative estimate of drug-likeness (QED) is 0.745. The molecule has 1 heterocycles. The first kappa shape index (κ1) is 13.4. The van der Waals surface area contributed by atoms with Gasteiger partial charge in [0.1, 0.15) is 5.54 Å². The largest absolute Gasteiger partial charge is 0.313 e. The summed E-state index contributed by atoms with van der Waals surface area (Å²) in [6.07, 6.45) is 1.20. The lowest BCUT2D eigenvalue weighted by Crippen LogP contribution is -2.47. The molecule has 0 aromatic carbocycles. The van der Waals surface area contributed by atoms with E-state index in [1.807, 2.05) is 0 Å². The van der Waals surface area contributed by atoms with Crippen LogP contribution in [0, 0.1) is 11.3 Å². The highest BCUT2D eigenvalue weighted by molar-refractivity contribution is 5.04. The number of nitrogens with two attached hydrogens (primary N) is 1. The molecule has 0 amide bonds. The average Bonchev–Trinajstić information content (AvgIpc) is 2.68. The molecule has 1 fully saturated rings. The van der Waals surface area contributed by atoms with Crippen molar-refractivity contribution in [1.82, 2.24) is 9.80 Å². The van der Waals surface area contributed by atoms with Crippen molar-refractivity contribution in [1.29, 1.82) is 5.26 Å². The average molecular weight is 224 g/mol. The maximum absolute atomic E-state index is 8.91. The molecule has 1 aliphatic rings. The van der Waals surface area contributed by atoms with E-state index < -0.39 is 5.54 Å². The summed E-state index contributed by atoms with van der Waals surface area (Å²) in [7, 11) is 0. The predicted molar refractivity (Wildman–Crippen MR) is 66.0 cm³/mol. The molecule has 2 unspecified atom stereocenters. The summed E-state index contributed by atoms with van der Waals surface area (Å²) in [5, 5.41) is 8.91. The Morgan fingerprint density at radius 2 is 2.12 bits per heavy atom. The van der Waals surface area contributed by atoms with Crippen molar-refractivity contribution in [2.24, 2.45) is 5.73 Å². The first-order valence-electron chi connectivity index (χ1n) is 6.19. The van der Waals surface area contributed by atoms with Gasteiger partial charge in [-0.15, -0.1) is 0 Å². The molecule has 0 aromatic rings. The van der Waals surface area contributed by atoms with Crippen molar-refractivity contribution in [3.05, 3.63) is 0 Å². The monoisotopic (exact) mass is 224 g/mol. The fourth-order valence-corrected chi connectivity index (χ4v) is 2.49. The van der Waals surface area contributed by atoms with Crippen LogP contribution >= 0.6 is 0 Å².